The molecule has 1 heterocycles. The molecule has 1 N–H and O–H groups in total. The Hall–Kier alpha value is -0.930. The van der Waals surface area contributed by atoms with Gasteiger partial charge in [-0.3, -0.25) is 0 Å². The lowest BCUT2D eigenvalue weighted by Gasteiger charge is -2.51. The molecule has 0 saturated carbocycles. The lowest BCUT2D eigenvalue weighted by molar-refractivity contribution is -0.245. The van der Waals surface area contributed by atoms with Gasteiger partial charge in [-0.2, -0.15) is 5.06 Å². The van der Waals surface area contributed by atoms with Crippen molar-refractivity contribution in [3.63, 3.8) is 0 Å². The molecular weight excluding hydrogens is 229 g/mol. The number of hydrogen-bond acceptors (Lipinski definition) is 2. The van der Waals surface area contributed by atoms with Crippen LogP contribution in [0.1, 0.15) is 52.0 Å². The van der Waals surface area contributed by atoms with Gasteiger partial charge in [0.1, 0.15) is 5.82 Å². The highest BCUT2D eigenvalue weighted by Crippen LogP contribution is 2.44. The summed E-state index contributed by atoms with van der Waals surface area (Å²) in [6, 6.07) is 6.75. The van der Waals surface area contributed by atoms with Gasteiger partial charge in [-0.25, -0.2) is 4.39 Å². The molecule has 100 valence electrons. The Labute approximate surface area is 108 Å². The van der Waals surface area contributed by atoms with Crippen LogP contribution in [0.3, 0.4) is 0 Å². The zero-order chi connectivity index (χ0) is 13.6. The first-order valence-electron chi connectivity index (χ1n) is 6.47. The lowest BCUT2D eigenvalue weighted by atomic mass is 9.73. The molecule has 1 aromatic carbocycles. The summed E-state index contributed by atoms with van der Waals surface area (Å²) in [6.07, 6.45) is 1.75. The minimum absolute atomic E-state index is 0.197. The maximum Gasteiger partial charge on any atom is 0.123 e. The number of hydroxylamine groups is 2. The van der Waals surface area contributed by atoms with Crippen molar-refractivity contribution in [1.82, 2.24) is 5.06 Å². The standard InChI is InChI=1S/C15H22FNO/c1-14(2)9-12(10-15(3,4)17(14)18)11-5-7-13(16)8-6-11/h5-8,12,18H,9-10H2,1-4H3. The second kappa shape index (κ2) is 4.32. The third-order valence-electron chi connectivity index (χ3n) is 3.98. The smallest absolute Gasteiger partial charge is 0.123 e. The van der Waals surface area contributed by atoms with Crippen molar-refractivity contribution in [3.05, 3.63) is 35.6 Å². The average molecular weight is 251 g/mol. The molecule has 1 saturated heterocycles. The highest BCUT2D eigenvalue weighted by molar-refractivity contribution is 5.23. The summed E-state index contributed by atoms with van der Waals surface area (Å²) in [5.74, 6) is 0.163. The summed E-state index contributed by atoms with van der Waals surface area (Å²) in [6.45, 7) is 8.18. The van der Waals surface area contributed by atoms with Crippen molar-refractivity contribution in [1.29, 1.82) is 0 Å². The third-order valence-corrected chi connectivity index (χ3v) is 3.98. The fourth-order valence-corrected chi connectivity index (χ4v) is 3.24. The van der Waals surface area contributed by atoms with E-state index in [0.29, 0.717) is 5.92 Å². The van der Waals surface area contributed by atoms with E-state index in [-0.39, 0.29) is 16.9 Å². The molecule has 0 aromatic heterocycles. The lowest BCUT2D eigenvalue weighted by Crippen LogP contribution is -2.58. The van der Waals surface area contributed by atoms with Crippen LogP contribution < -0.4 is 0 Å². The molecule has 0 amide bonds. The number of hydrogen-bond donors (Lipinski definition) is 1. The van der Waals surface area contributed by atoms with Crippen LogP contribution in [0.15, 0.2) is 24.3 Å². The Morgan fingerprint density at radius 1 is 1.06 bits per heavy atom. The van der Waals surface area contributed by atoms with Crippen LogP contribution in [0.2, 0.25) is 0 Å². The van der Waals surface area contributed by atoms with E-state index in [1.165, 1.54) is 17.2 Å². The van der Waals surface area contributed by atoms with Crippen LogP contribution in [0.25, 0.3) is 0 Å². The molecule has 0 aliphatic carbocycles. The van der Waals surface area contributed by atoms with Crippen LogP contribution in [-0.4, -0.2) is 21.3 Å². The second-order valence-electron chi connectivity index (χ2n) is 6.59. The fraction of sp³-hybridized carbons (Fsp3) is 0.600. The van der Waals surface area contributed by atoms with E-state index in [1.54, 1.807) is 0 Å². The maximum atomic E-state index is 13.0. The summed E-state index contributed by atoms with van der Waals surface area (Å²) in [5, 5.41) is 11.7. The fourth-order valence-electron chi connectivity index (χ4n) is 3.24. The first kappa shape index (κ1) is 13.5. The number of benzene rings is 1. The number of halogens is 1. The van der Waals surface area contributed by atoms with Crippen molar-refractivity contribution >= 4 is 0 Å². The van der Waals surface area contributed by atoms with E-state index in [4.69, 9.17) is 0 Å². The van der Waals surface area contributed by atoms with E-state index in [2.05, 4.69) is 0 Å². The molecule has 1 aliphatic heterocycles. The summed E-state index contributed by atoms with van der Waals surface area (Å²) in [7, 11) is 0. The minimum Gasteiger partial charge on any atom is -0.313 e. The molecule has 18 heavy (non-hydrogen) atoms. The molecule has 0 bridgehead atoms. The number of piperidine rings is 1. The van der Waals surface area contributed by atoms with Crippen molar-refractivity contribution < 1.29 is 9.60 Å². The average Bonchev–Trinajstić information content (AvgIpc) is 2.26. The van der Waals surface area contributed by atoms with Crippen molar-refractivity contribution in [2.45, 2.75) is 57.5 Å². The van der Waals surface area contributed by atoms with Crippen molar-refractivity contribution in [2.75, 3.05) is 0 Å². The number of rotatable bonds is 1. The van der Waals surface area contributed by atoms with Gasteiger partial charge in [0.2, 0.25) is 0 Å². The van der Waals surface area contributed by atoms with Crippen LogP contribution in [0.4, 0.5) is 4.39 Å². The zero-order valence-corrected chi connectivity index (χ0v) is 11.6. The quantitative estimate of drug-likeness (QED) is 0.817. The number of nitrogens with zero attached hydrogens (tertiary/aromatic N) is 1. The second-order valence-corrected chi connectivity index (χ2v) is 6.59. The normalized spacial score (nSPS) is 24.1. The molecular formula is C15H22FNO. The van der Waals surface area contributed by atoms with Crippen LogP contribution in [0.5, 0.6) is 0 Å². The van der Waals surface area contributed by atoms with Gasteiger partial charge >= 0.3 is 0 Å². The molecule has 0 unspecified atom stereocenters. The van der Waals surface area contributed by atoms with Crippen molar-refractivity contribution in [3.8, 4) is 0 Å². The van der Waals surface area contributed by atoms with Crippen LogP contribution in [-0.2, 0) is 0 Å². The maximum absolute atomic E-state index is 13.0. The van der Waals surface area contributed by atoms with E-state index < -0.39 is 0 Å². The molecule has 0 atom stereocenters. The molecule has 3 heteroatoms. The van der Waals surface area contributed by atoms with Gasteiger partial charge in [0.25, 0.3) is 0 Å². The predicted molar refractivity (Wildman–Crippen MR) is 70.2 cm³/mol. The summed E-state index contributed by atoms with van der Waals surface area (Å²) in [4.78, 5) is 0. The van der Waals surface area contributed by atoms with E-state index in [0.717, 1.165) is 18.4 Å². The molecule has 2 rings (SSSR count). The Morgan fingerprint density at radius 3 is 1.94 bits per heavy atom. The van der Waals surface area contributed by atoms with E-state index in [9.17, 15) is 9.60 Å². The van der Waals surface area contributed by atoms with Gasteiger partial charge in [-0.05, 0) is 64.2 Å². The molecule has 0 spiro atoms. The largest absolute Gasteiger partial charge is 0.313 e. The van der Waals surface area contributed by atoms with Crippen molar-refractivity contribution in [2.24, 2.45) is 0 Å². The first-order chi connectivity index (χ1) is 8.22. The third kappa shape index (κ3) is 2.43. The molecule has 2 nitrogen and oxygen atoms in total. The van der Waals surface area contributed by atoms with Gasteiger partial charge in [-0.1, -0.05) is 12.1 Å². The van der Waals surface area contributed by atoms with Gasteiger partial charge in [0, 0.05) is 11.1 Å². The molecule has 1 fully saturated rings. The first-order valence-corrected chi connectivity index (χ1v) is 6.47. The topological polar surface area (TPSA) is 23.5 Å². The SMILES string of the molecule is CC1(C)CC(c2ccc(F)cc2)CC(C)(C)N1O. The zero-order valence-electron chi connectivity index (χ0n) is 11.6. The Balaban J connectivity index is 2.28. The predicted octanol–water partition coefficient (Wildman–Crippen LogP) is 3.95. The van der Waals surface area contributed by atoms with Crippen LogP contribution >= 0.6 is 0 Å². The molecule has 1 aromatic rings. The van der Waals surface area contributed by atoms with Gasteiger partial charge in [0.05, 0.1) is 0 Å². The van der Waals surface area contributed by atoms with Gasteiger partial charge < -0.3 is 5.21 Å². The summed E-state index contributed by atoms with van der Waals surface area (Å²) < 4.78 is 13.0. The molecule has 1 aliphatic rings. The highest BCUT2D eigenvalue weighted by Gasteiger charge is 2.45. The minimum atomic E-state index is -0.263. The van der Waals surface area contributed by atoms with Gasteiger partial charge in [0.15, 0.2) is 0 Å². The monoisotopic (exact) mass is 251 g/mol. The summed E-state index contributed by atoms with van der Waals surface area (Å²) >= 11 is 0. The Morgan fingerprint density at radius 2 is 1.50 bits per heavy atom. The molecule has 0 radical (unpaired) electrons. The Kier molecular flexibility index (Phi) is 3.24. The van der Waals surface area contributed by atoms with Gasteiger partial charge in [-0.15, -0.1) is 0 Å². The highest BCUT2D eigenvalue weighted by atomic mass is 19.1. The van der Waals surface area contributed by atoms with Crippen LogP contribution in [0, 0.1) is 5.82 Å². The summed E-state index contributed by atoms with van der Waals surface area (Å²) in [5.41, 5.74) is 0.632. The van der Waals surface area contributed by atoms with E-state index >= 15 is 0 Å². The van der Waals surface area contributed by atoms with E-state index in [1.807, 2.05) is 39.8 Å². The Bertz CT molecular complexity index is 407.